The number of thiazole rings is 1. The maximum atomic E-state index is 5.35. The first-order chi connectivity index (χ1) is 13.1. The number of anilines is 1. The van der Waals surface area contributed by atoms with Gasteiger partial charge in [0.15, 0.2) is 5.13 Å². The average Bonchev–Trinajstić information content (AvgIpc) is 3.24. The summed E-state index contributed by atoms with van der Waals surface area (Å²) in [5.74, 6) is 0.873. The number of hydrogen-bond donors (Lipinski definition) is 1. The van der Waals surface area contributed by atoms with Crippen LogP contribution >= 0.6 is 11.3 Å². The number of hydrogen-bond acceptors (Lipinski definition) is 5. The van der Waals surface area contributed by atoms with Crippen LogP contribution in [0, 0.1) is 12.3 Å². The molecule has 6 heteroatoms. The molecular formula is C21H26N4OS. The molecule has 0 aliphatic carbocycles. The monoisotopic (exact) mass is 382 g/mol. The first kappa shape index (κ1) is 17.1. The number of aromatic nitrogens is 2. The smallest absolute Gasteiger partial charge is 0.185 e. The lowest BCUT2D eigenvalue weighted by molar-refractivity contribution is 0.00132. The molecule has 5 rings (SSSR count). The van der Waals surface area contributed by atoms with Crippen LogP contribution in [-0.2, 0) is 0 Å². The number of H-pyrrole nitrogens is 1. The molecule has 1 N–H and O–H groups in total. The zero-order chi connectivity index (χ0) is 18.6. The Morgan fingerprint density at radius 2 is 2.00 bits per heavy atom. The van der Waals surface area contributed by atoms with Crippen LogP contribution < -0.4 is 9.64 Å². The molecule has 0 bridgehead atoms. The maximum absolute atomic E-state index is 5.35. The van der Waals surface area contributed by atoms with Gasteiger partial charge in [0.25, 0.3) is 0 Å². The van der Waals surface area contributed by atoms with Crippen LogP contribution in [0.3, 0.4) is 0 Å². The van der Waals surface area contributed by atoms with Gasteiger partial charge in [-0.3, -0.25) is 0 Å². The van der Waals surface area contributed by atoms with Crippen molar-refractivity contribution in [2.24, 2.45) is 5.41 Å². The van der Waals surface area contributed by atoms with Crippen molar-refractivity contribution in [3.8, 4) is 17.0 Å². The molecule has 142 valence electrons. The number of aryl methyl sites for hydroxylation is 1. The lowest BCUT2D eigenvalue weighted by Gasteiger charge is -2.52. The normalized spacial score (nSPS) is 19.6. The minimum atomic E-state index is 0.581. The SMILES string of the molecule is COc1ccc2c(-c3csc(N4CCC5(CC4)CN(C)C5)n3)c(C)[nH]c2c1. The van der Waals surface area contributed by atoms with Crippen LogP contribution in [0.1, 0.15) is 18.5 Å². The number of ether oxygens (including phenoxy) is 1. The second kappa shape index (κ2) is 6.24. The summed E-state index contributed by atoms with van der Waals surface area (Å²) in [4.78, 5) is 13.4. The summed E-state index contributed by atoms with van der Waals surface area (Å²) in [7, 11) is 3.93. The van der Waals surface area contributed by atoms with E-state index in [0.29, 0.717) is 5.41 Å². The highest BCUT2D eigenvalue weighted by Crippen LogP contribution is 2.42. The van der Waals surface area contributed by atoms with Crippen molar-refractivity contribution in [1.29, 1.82) is 0 Å². The molecule has 2 aliphatic rings. The highest BCUT2D eigenvalue weighted by atomic mass is 32.1. The number of piperidine rings is 1. The van der Waals surface area contributed by atoms with Gasteiger partial charge in [-0.25, -0.2) is 4.98 Å². The zero-order valence-electron chi connectivity index (χ0n) is 16.2. The fraction of sp³-hybridized carbons (Fsp3) is 0.476. The molecule has 4 heterocycles. The van der Waals surface area contributed by atoms with Crippen molar-refractivity contribution in [2.45, 2.75) is 19.8 Å². The van der Waals surface area contributed by atoms with E-state index in [9.17, 15) is 0 Å². The quantitative estimate of drug-likeness (QED) is 0.739. The highest BCUT2D eigenvalue weighted by molar-refractivity contribution is 7.14. The molecule has 0 unspecified atom stereocenters. The molecule has 1 aromatic carbocycles. The van der Waals surface area contributed by atoms with Gasteiger partial charge in [0, 0.05) is 59.8 Å². The second-order valence-electron chi connectivity index (χ2n) is 8.21. The molecule has 0 amide bonds. The van der Waals surface area contributed by atoms with Crippen molar-refractivity contribution in [2.75, 3.05) is 45.2 Å². The molecule has 2 fully saturated rings. The van der Waals surface area contributed by atoms with E-state index >= 15 is 0 Å². The zero-order valence-corrected chi connectivity index (χ0v) is 17.0. The minimum Gasteiger partial charge on any atom is -0.497 e. The fourth-order valence-corrected chi connectivity index (χ4v) is 5.75. The van der Waals surface area contributed by atoms with Gasteiger partial charge in [-0.2, -0.15) is 0 Å². The van der Waals surface area contributed by atoms with Gasteiger partial charge >= 0.3 is 0 Å². The van der Waals surface area contributed by atoms with E-state index in [2.05, 4.69) is 46.3 Å². The predicted molar refractivity (Wildman–Crippen MR) is 112 cm³/mol. The average molecular weight is 383 g/mol. The number of methoxy groups -OCH3 is 1. The van der Waals surface area contributed by atoms with Crippen LogP contribution in [0.4, 0.5) is 5.13 Å². The summed E-state index contributed by atoms with van der Waals surface area (Å²) >= 11 is 1.77. The lowest BCUT2D eigenvalue weighted by Crippen LogP contribution is -2.58. The van der Waals surface area contributed by atoms with E-state index in [1.54, 1.807) is 18.4 Å². The molecule has 0 atom stereocenters. The Balaban J connectivity index is 1.40. The molecule has 2 saturated heterocycles. The number of benzene rings is 1. The van der Waals surface area contributed by atoms with Crippen LogP contribution in [0.2, 0.25) is 0 Å². The van der Waals surface area contributed by atoms with E-state index in [0.717, 1.165) is 40.9 Å². The Morgan fingerprint density at radius 1 is 1.22 bits per heavy atom. The number of nitrogens with zero attached hydrogens (tertiary/aromatic N) is 3. The third-order valence-corrected chi connectivity index (χ3v) is 7.15. The molecule has 1 spiro atoms. The Kier molecular flexibility index (Phi) is 3.95. The Hall–Kier alpha value is -2.05. The van der Waals surface area contributed by atoms with Gasteiger partial charge < -0.3 is 19.5 Å². The number of likely N-dealkylation sites (tertiary alicyclic amines) is 1. The molecule has 5 nitrogen and oxygen atoms in total. The summed E-state index contributed by atoms with van der Waals surface area (Å²) in [6.07, 6.45) is 2.58. The first-order valence-corrected chi connectivity index (χ1v) is 10.5. The molecule has 27 heavy (non-hydrogen) atoms. The summed E-state index contributed by atoms with van der Waals surface area (Å²) in [5, 5.41) is 4.58. The van der Waals surface area contributed by atoms with Crippen LogP contribution in [-0.4, -0.2) is 55.2 Å². The lowest BCUT2D eigenvalue weighted by atomic mass is 9.72. The van der Waals surface area contributed by atoms with Gasteiger partial charge in [-0.05, 0) is 44.4 Å². The molecule has 2 aromatic heterocycles. The number of aromatic amines is 1. The summed E-state index contributed by atoms with van der Waals surface area (Å²) in [6.45, 7) is 6.91. The first-order valence-electron chi connectivity index (χ1n) is 9.63. The van der Waals surface area contributed by atoms with E-state index < -0.39 is 0 Å². The molecular weight excluding hydrogens is 356 g/mol. The molecule has 0 saturated carbocycles. The number of rotatable bonds is 3. The van der Waals surface area contributed by atoms with Crippen molar-refractivity contribution in [3.63, 3.8) is 0 Å². The van der Waals surface area contributed by atoms with Gasteiger partial charge in [0.1, 0.15) is 5.75 Å². The Morgan fingerprint density at radius 3 is 2.70 bits per heavy atom. The van der Waals surface area contributed by atoms with Crippen LogP contribution in [0.15, 0.2) is 23.6 Å². The van der Waals surface area contributed by atoms with Crippen molar-refractivity contribution in [3.05, 3.63) is 29.3 Å². The summed E-state index contributed by atoms with van der Waals surface area (Å²) < 4.78 is 5.35. The van der Waals surface area contributed by atoms with E-state index in [-0.39, 0.29) is 0 Å². The van der Waals surface area contributed by atoms with Gasteiger partial charge in [-0.15, -0.1) is 11.3 Å². The molecule has 2 aliphatic heterocycles. The van der Waals surface area contributed by atoms with Crippen molar-refractivity contribution in [1.82, 2.24) is 14.9 Å². The van der Waals surface area contributed by atoms with Crippen LogP contribution in [0.25, 0.3) is 22.2 Å². The predicted octanol–water partition coefficient (Wildman–Crippen LogP) is 4.14. The standard InChI is InChI=1S/C21H26N4OS/c1-14-19(16-5-4-15(26-3)10-17(16)22-14)18-11-27-20(23-18)25-8-6-21(7-9-25)12-24(2)13-21/h4-5,10-11,22H,6-9,12-13H2,1-3H3. The van der Waals surface area contributed by atoms with Gasteiger partial charge in [0.2, 0.25) is 0 Å². The third-order valence-electron chi connectivity index (χ3n) is 6.25. The Labute approximate surface area is 164 Å². The summed E-state index contributed by atoms with van der Waals surface area (Å²) in [5.41, 5.74) is 5.13. The fourth-order valence-electron chi connectivity index (χ4n) is 4.88. The molecule has 0 radical (unpaired) electrons. The van der Waals surface area contributed by atoms with Crippen molar-refractivity contribution >= 4 is 27.4 Å². The largest absolute Gasteiger partial charge is 0.497 e. The minimum absolute atomic E-state index is 0.581. The number of nitrogens with one attached hydrogen (secondary N) is 1. The second-order valence-corrected chi connectivity index (χ2v) is 9.05. The Bertz CT molecular complexity index is 975. The van der Waals surface area contributed by atoms with E-state index in [1.165, 1.54) is 36.9 Å². The highest BCUT2D eigenvalue weighted by Gasteiger charge is 2.43. The van der Waals surface area contributed by atoms with E-state index in [1.807, 2.05) is 6.07 Å². The number of fused-ring (bicyclic) bond motifs is 1. The van der Waals surface area contributed by atoms with Crippen molar-refractivity contribution < 1.29 is 4.74 Å². The molecule has 3 aromatic rings. The van der Waals surface area contributed by atoms with Gasteiger partial charge in [0.05, 0.1) is 12.8 Å². The topological polar surface area (TPSA) is 44.4 Å². The van der Waals surface area contributed by atoms with Crippen LogP contribution in [0.5, 0.6) is 5.75 Å². The summed E-state index contributed by atoms with van der Waals surface area (Å²) in [6, 6.07) is 6.20. The third kappa shape index (κ3) is 2.82. The van der Waals surface area contributed by atoms with E-state index in [4.69, 9.17) is 9.72 Å². The maximum Gasteiger partial charge on any atom is 0.185 e. The van der Waals surface area contributed by atoms with Gasteiger partial charge in [-0.1, -0.05) is 0 Å².